The van der Waals surface area contributed by atoms with Gasteiger partial charge in [-0.05, 0) is 98.3 Å². The molecule has 3 aliphatic rings. The second-order valence-electron chi connectivity index (χ2n) is 14.0. The van der Waals surface area contributed by atoms with Gasteiger partial charge in [-0.2, -0.15) is 0 Å². The number of anilines is 5. The van der Waals surface area contributed by atoms with Crippen LogP contribution in [0.5, 0.6) is 0 Å². The molecule has 0 bridgehead atoms. The number of fused-ring (bicyclic) bond motifs is 3. The summed E-state index contributed by atoms with van der Waals surface area (Å²) in [5.41, 5.74) is 13.6. The average molecular weight is 713 g/mol. The SMILES string of the molecule is Cc1cnc(N2CC3(CCOCC3)C2)c(C(=O)Nc2ccc(C(=O)N3CCc4c(sc(C(=O)Nc5ccccc5N)c4C)-c4ccccc43)cc2)c1. The zero-order valence-electron chi connectivity index (χ0n) is 29.2. The van der Waals surface area contributed by atoms with Crippen LogP contribution in [0.2, 0.25) is 0 Å². The molecule has 2 aromatic heterocycles. The minimum atomic E-state index is -0.235. The van der Waals surface area contributed by atoms with Crippen molar-refractivity contribution in [1.29, 1.82) is 0 Å². The highest BCUT2D eigenvalue weighted by atomic mass is 32.1. The number of nitrogens with two attached hydrogens (primary N) is 1. The van der Waals surface area contributed by atoms with Crippen LogP contribution in [-0.4, -0.2) is 55.6 Å². The number of benzene rings is 3. The van der Waals surface area contributed by atoms with Gasteiger partial charge in [-0.1, -0.05) is 30.3 Å². The standard InChI is InChI=1S/C41H40N6O4S/c1-25-21-31(37(43-22-25)46-23-41(24-46)16-19-51-20-17-41)38(48)44-28-13-11-27(12-14-28)40(50)47-18-15-29-26(2)35(39(49)45-33-9-5-4-8-32(33)42)52-36(29)30-7-3-6-10-34(30)47/h3-14,21-22H,15-20,23-24,42H2,1-2H3,(H,44,48)(H,45,49). The van der Waals surface area contributed by atoms with Gasteiger partial charge in [-0.3, -0.25) is 14.4 Å². The summed E-state index contributed by atoms with van der Waals surface area (Å²) in [4.78, 5) is 51.4. The van der Waals surface area contributed by atoms with Crippen molar-refractivity contribution in [1.82, 2.24) is 4.98 Å². The van der Waals surface area contributed by atoms with Gasteiger partial charge >= 0.3 is 0 Å². The van der Waals surface area contributed by atoms with Crippen molar-refractivity contribution in [2.45, 2.75) is 33.1 Å². The van der Waals surface area contributed by atoms with E-state index >= 15 is 0 Å². The van der Waals surface area contributed by atoms with Crippen molar-refractivity contribution in [2.75, 3.05) is 59.0 Å². The summed E-state index contributed by atoms with van der Waals surface area (Å²) in [7, 11) is 0. The van der Waals surface area contributed by atoms with Crippen molar-refractivity contribution < 1.29 is 19.1 Å². The number of carbonyl (C=O) groups is 3. The molecule has 0 atom stereocenters. The summed E-state index contributed by atoms with van der Waals surface area (Å²) >= 11 is 1.44. The lowest BCUT2D eigenvalue weighted by atomic mass is 9.73. The first-order valence-corrected chi connectivity index (χ1v) is 18.4. The zero-order valence-corrected chi connectivity index (χ0v) is 30.0. The van der Waals surface area contributed by atoms with E-state index in [1.807, 2.05) is 61.2 Å². The number of nitrogen functional groups attached to an aromatic ring is 1. The first kappa shape index (κ1) is 33.6. The molecule has 52 heavy (non-hydrogen) atoms. The molecule has 4 N–H and O–H groups in total. The summed E-state index contributed by atoms with van der Waals surface area (Å²) in [6.45, 7) is 7.66. The molecule has 264 valence electrons. The Bertz CT molecular complexity index is 2200. The predicted octanol–water partition coefficient (Wildman–Crippen LogP) is 7.33. The van der Waals surface area contributed by atoms with Gasteiger partial charge in [-0.25, -0.2) is 4.98 Å². The maximum atomic E-state index is 14.1. The molecule has 0 saturated carbocycles. The minimum Gasteiger partial charge on any atom is -0.397 e. The van der Waals surface area contributed by atoms with Crippen LogP contribution in [-0.2, 0) is 11.2 Å². The van der Waals surface area contributed by atoms with Crippen LogP contribution >= 0.6 is 11.3 Å². The fourth-order valence-electron chi connectivity index (χ4n) is 7.59. The van der Waals surface area contributed by atoms with Crippen LogP contribution in [0.15, 0.2) is 85.1 Å². The smallest absolute Gasteiger partial charge is 0.266 e. The molecule has 0 unspecified atom stereocenters. The highest BCUT2D eigenvalue weighted by molar-refractivity contribution is 7.18. The van der Waals surface area contributed by atoms with Gasteiger partial charge in [0.1, 0.15) is 5.82 Å². The van der Waals surface area contributed by atoms with Crippen LogP contribution in [0.4, 0.5) is 28.6 Å². The van der Waals surface area contributed by atoms with E-state index in [1.54, 1.807) is 42.6 Å². The Balaban J connectivity index is 0.989. The molecule has 3 aliphatic heterocycles. The number of thiophene rings is 1. The van der Waals surface area contributed by atoms with Gasteiger partial charge in [0.05, 0.1) is 27.5 Å². The van der Waals surface area contributed by atoms with Crippen LogP contribution in [0.25, 0.3) is 10.4 Å². The number of pyridine rings is 1. The molecule has 2 fully saturated rings. The number of carbonyl (C=O) groups excluding carboxylic acids is 3. The molecule has 3 aromatic carbocycles. The molecule has 3 amide bonds. The second-order valence-corrected chi connectivity index (χ2v) is 15.0. The largest absolute Gasteiger partial charge is 0.397 e. The van der Waals surface area contributed by atoms with Gasteiger partial charge < -0.3 is 30.9 Å². The quantitative estimate of drug-likeness (QED) is 0.157. The number of ether oxygens (including phenoxy) is 1. The van der Waals surface area contributed by atoms with E-state index < -0.39 is 0 Å². The Morgan fingerprint density at radius 1 is 0.904 bits per heavy atom. The second kappa shape index (κ2) is 13.6. The van der Waals surface area contributed by atoms with Crippen LogP contribution < -0.4 is 26.2 Å². The normalized spacial score (nSPS) is 16.0. The van der Waals surface area contributed by atoms with Gasteiger partial charge in [0, 0.05) is 66.2 Å². The Labute approximate surface area is 306 Å². The van der Waals surface area contributed by atoms with Crippen molar-refractivity contribution in [3.63, 3.8) is 0 Å². The number of aromatic nitrogens is 1. The Morgan fingerprint density at radius 3 is 2.40 bits per heavy atom. The third-order valence-corrected chi connectivity index (χ3v) is 11.9. The number of hydrogen-bond acceptors (Lipinski definition) is 8. The summed E-state index contributed by atoms with van der Waals surface area (Å²) < 4.78 is 5.57. The molecule has 1 spiro atoms. The van der Waals surface area contributed by atoms with Gasteiger partial charge in [0.2, 0.25) is 0 Å². The first-order valence-electron chi connectivity index (χ1n) is 17.6. The molecule has 0 aliphatic carbocycles. The lowest BCUT2D eigenvalue weighted by molar-refractivity contribution is -0.000511. The van der Waals surface area contributed by atoms with Gasteiger partial charge in [-0.15, -0.1) is 11.3 Å². The topological polar surface area (TPSA) is 130 Å². The number of nitrogens with one attached hydrogen (secondary N) is 2. The lowest BCUT2D eigenvalue weighted by Crippen LogP contribution is -2.59. The van der Waals surface area contributed by atoms with E-state index in [0.29, 0.717) is 51.8 Å². The highest BCUT2D eigenvalue weighted by Gasteiger charge is 2.45. The molecular weight excluding hydrogens is 673 g/mol. The molecule has 5 heterocycles. The van der Waals surface area contributed by atoms with Crippen LogP contribution in [0.3, 0.4) is 0 Å². The van der Waals surface area contributed by atoms with Crippen molar-refractivity contribution >= 4 is 57.6 Å². The number of aryl methyl sites for hydroxylation is 1. The van der Waals surface area contributed by atoms with Crippen LogP contribution in [0, 0.1) is 19.3 Å². The van der Waals surface area contributed by atoms with Gasteiger partial charge in [0.25, 0.3) is 17.7 Å². The highest BCUT2D eigenvalue weighted by Crippen LogP contribution is 2.45. The molecule has 8 rings (SSSR count). The first-order chi connectivity index (χ1) is 25.2. The molecule has 2 saturated heterocycles. The maximum Gasteiger partial charge on any atom is 0.266 e. The molecule has 10 nitrogen and oxygen atoms in total. The van der Waals surface area contributed by atoms with E-state index in [9.17, 15) is 14.4 Å². The number of rotatable bonds is 6. The number of hydrogen-bond donors (Lipinski definition) is 3. The van der Waals surface area contributed by atoms with E-state index in [0.717, 1.165) is 72.0 Å². The van der Waals surface area contributed by atoms with E-state index in [4.69, 9.17) is 10.5 Å². The molecular formula is C41H40N6O4S. The third-order valence-electron chi connectivity index (χ3n) is 10.5. The summed E-state index contributed by atoms with van der Waals surface area (Å²) in [5.74, 6) is 0.121. The molecule has 0 radical (unpaired) electrons. The van der Waals surface area contributed by atoms with E-state index in [-0.39, 0.29) is 23.1 Å². The lowest BCUT2D eigenvalue weighted by Gasteiger charge is -2.53. The van der Waals surface area contributed by atoms with Crippen molar-refractivity contribution in [3.05, 3.63) is 118 Å². The van der Waals surface area contributed by atoms with Crippen molar-refractivity contribution in [2.24, 2.45) is 5.41 Å². The van der Waals surface area contributed by atoms with E-state index in [2.05, 4.69) is 20.5 Å². The average Bonchev–Trinajstić information content (AvgIpc) is 3.38. The zero-order chi connectivity index (χ0) is 36.0. The van der Waals surface area contributed by atoms with Crippen LogP contribution in [0.1, 0.15) is 59.9 Å². The van der Waals surface area contributed by atoms with E-state index in [1.165, 1.54) is 11.3 Å². The van der Waals surface area contributed by atoms with Gasteiger partial charge in [0.15, 0.2) is 0 Å². The Hall–Kier alpha value is -5.52. The number of nitrogens with zero attached hydrogens (tertiary/aromatic N) is 3. The summed E-state index contributed by atoms with van der Waals surface area (Å²) in [6.07, 6.45) is 4.46. The fourth-order valence-corrected chi connectivity index (χ4v) is 8.88. The predicted molar refractivity (Wildman–Crippen MR) is 207 cm³/mol. The van der Waals surface area contributed by atoms with Crippen molar-refractivity contribution in [3.8, 4) is 10.4 Å². The maximum absolute atomic E-state index is 14.1. The molecule has 11 heteroatoms. The Kier molecular flexibility index (Phi) is 8.76. The molecule has 5 aromatic rings. The summed E-state index contributed by atoms with van der Waals surface area (Å²) in [6, 6.07) is 24.0. The summed E-state index contributed by atoms with van der Waals surface area (Å²) in [5, 5.41) is 5.99. The monoisotopic (exact) mass is 712 g/mol. The minimum absolute atomic E-state index is 0.138. The fraction of sp³-hybridized carbons (Fsp3) is 0.268. The number of amides is 3. The Morgan fingerprint density at radius 2 is 1.63 bits per heavy atom. The number of para-hydroxylation sites is 3. The third kappa shape index (κ3) is 6.20.